The molecule has 33 heavy (non-hydrogen) atoms. The van der Waals surface area contributed by atoms with E-state index in [1.54, 1.807) is 0 Å². The lowest BCUT2D eigenvalue weighted by molar-refractivity contribution is -0.123. The summed E-state index contributed by atoms with van der Waals surface area (Å²) < 4.78 is 36.4. The number of ether oxygens (including phenoxy) is 2. The summed E-state index contributed by atoms with van der Waals surface area (Å²) in [7, 11) is 0. The molecule has 1 aromatic rings. The van der Waals surface area contributed by atoms with E-state index in [9.17, 15) is 18.7 Å². The summed E-state index contributed by atoms with van der Waals surface area (Å²) in [6.45, 7) is 4.20. The number of halogens is 2. The van der Waals surface area contributed by atoms with Crippen molar-refractivity contribution >= 4 is 5.91 Å². The van der Waals surface area contributed by atoms with E-state index in [0.29, 0.717) is 57.7 Å². The molecule has 0 saturated carbocycles. The predicted molar refractivity (Wildman–Crippen MR) is 125 cm³/mol. The summed E-state index contributed by atoms with van der Waals surface area (Å²) in [4.78, 5) is 14.5. The summed E-state index contributed by atoms with van der Waals surface area (Å²) in [5.74, 6) is 0.606. The number of unbranched alkanes of at least 4 members (excludes halogenated alkanes) is 3. The van der Waals surface area contributed by atoms with Crippen LogP contribution in [0.2, 0.25) is 0 Å². The summed E-state index contributed by atoms with van der Waals surface area (Å²) in [5.41, 5.74) is 0.684. The van der Waals surface area contributed by atoms with Gasteiger partial charge in [0, 0.05) is 32.7 Å². The highest BCUT2D eigenvalue weighted by atomic mass is 19.1. The molecule has 1 aliphatic rings. The van der Waals surface area contributed by atoms with Gasteiger partial charge in [-0.2, -0.15) is 0 Å². The van der Waals surface area contributed by atoms with Gasteiger partial charge in [-0.1, -0.05) is 31.9 Å². The Morgan fingerprint density at radius 3 is 2.64 bits per heavy atom. The second-order valence-corrected chi connectivity index (χ2v) is 8.65. The maximum atomic E-state index is 13.7. The number of rotatable bonds is 17. The largest absolute Gasteiger partial charge is 0.494 e. The van der Waals surface area contributed by atoms with E-state index in [1.165, 1.54) is 0 Å². The van der Waals surface area contributed by atoms with E-state index in [2.05, 4.69) is 12.2 Å². The summed E-state index contributed by atoms with van der Waals surface area (Å²) >= 11 is 0. The first-order chi connectivity index (χ1) is 16.0. The van der Waals surface area contributed by atoms with Crippen molar-refractivity contribution in [1.82, 2.24) is 10.2 Å². The topological polar surface area (TPSA) is 71.0 Å². The fourth-order valence-electron chi connectivity index (χ4n) is 3.88. The van der Waals surface area contributed by atoms with Gasteiger partial charge in [-0.25, -0.2) is 8.78 Å². The van der Waals surface area contributed by atoms with E-state index in [4.69, 9.17) is 9.47 Å². The van der Waals surface area contributed by atoms with Gasteiger partial charge in [-0.05, 0) is 43.4 Å². The van der Waals surface area contributed by atoms with Crippen LogP contribution >= 0.6 is 0 Å². The Morgan fingerprint density at radius 2 is 1.97 bits per heavy atom. The molecule has 0 radical (unpaired) electrons. The molecule has 0 aliphatic carbocycles. The number of benzene rings is 1. The summed E-state index contributed by atoms with van der Waals surface area (Å²) in [5, 5.41) is 14.0. The molecule has 1 aliphatic heterocycles. The molecule has 0 bridgehead atoms. The number of carbonyl (C=O) groups excluding carboxylic acids is 1. The number of carbonyl (C=O) groups is 1. The van der Waals surface area contributed by atoms with Crippen LogP contribution in [0.3, 0.4) is 0 Å². The van der Waals surface area contributed by atoms with Gasteiger partial charge in [-0.3, -0.25) is 9.69 Å². The van der Waals surface area contributed by atoms with Gasteiger partial charge in [0.2, 0.25) is 5.91 Å². The molecule has 1 saturated heterocycles. The second-order valence-electron chi connectivity index (χ2n) is 8.65. The minimum absolute atomic E-state index is 0.113. The average Bonchev–Trinajstić information content (AvgIpc) is 3.22. The van der Waals surface area contributed by atoms with Crippen molar-refractivity contribution in [1.29, 1.82) is 0 Å². The SMILES string of the molecule is CCCCOc1ccc([C@@H](O)[C@@H](CN2CC[C@@H](F)C2)NC(=O)CCCCCOCCF)cc1. The molecule has 3 atom stereocenters. The number of hydrogen-bond acceptors (Lipinski definition) is 5. The number of alkyl halides is 2. The van der Waals surface area contributed by atoms with Crippen molar-refractivity contribution in [3.05, 3.63) is 29.8 Å². The number of aliphatic hydroxyl groups is 1. The third-order valence-corrected chi connectivity index (χ3v) is 5.80. The lowest BCUT2D eigenvalue weighted by Crippen LogP contribution is -2.46. The lowest BCUT2D eigenvalue weighted by Gasteiger charge is -2.29. The van der Waals surface area contributed by atoms with E-state index in [-0.39, 0.29) is 12.5 Å². The molecule has 2 rings (SSSR count). The van der Waals surface area contributed by atoms with Gasteiger partial charge < -0.3 is 19.9 Å². The Hall–Kier alpha value is -1.77. The molecule has 1 fully saturated rings. The molecular weight excluding hydrogens is 430 g/mol. The molecule has 0 unspecified atom stereocenters. The van der Waals surface area contributed by atoms with Crippen LogP contribution in [0.4, 0.5) is 8.78 Å². The highest BCUT2D eigenvalue weighted by Crippen LogP contribution is 2.23. The maximum absolute atomic E-state index is 13.7. The van der Waals surface area contributed by atoms with Crippen molar-refractivity contribution in [2.75, 3.05) is 46.1 Å². The Kier molecular flexibility index (Phi) is 13.3. The van der Waals surface area contributed by atoms with Crippen molar-refractivity contribution in [3.63, 3.8) is 0 Å². The number of amides is 1. The standard InChI is InChI=1S/C25H40F2N2O4/c1-2-3-16-33-22-10-8-20(9-11-22)25(31)23(19-29-14-12-21(27)18-29)28-24(30)7-5-4-6-15-32-17-13-26/h8-11,21,23,25,31H,2-7,12-19H2,1H3,(H,28,30)/t21-,23-,25-/m1/s1. The van der Waals surface area contributed by atoms with Gasteiger partial charge in [0.05, 0.1) is 19.3 Å². The first-order valence-corrected chi connectivity index (χ1v) is 12.2. The normalized spacial score (nSPS) is 18.2. The smallest absolute Gasteiger partial charge is 0.220 e. The van der Waals surface area contributed by atoms with E-state index in [1.807, 2.05) is 29.2 Å². The van der Waals surface area contributed by atoms with Crippen LogP contribution in [0.5, 0.6) is 5.75 Å². The number of likely N-dealkylation sites (tertiary alicyclic amines) is 1. The number of nitrogens with zero attached hydrogens (tertiary/aromatic N) is 1. The molecule has 1 aromatic carbocycles. The number of nitrogens with one attached hydrogen (secondary N) is 1. The third kappa shape index (κ3) is 10.8. The minimum Gasteiger partial charge on any atom is -0.494 e. The molecule has 0 spiro atoms. The van der Waals surface area contributed by atoms with Gasteiger partial charge >= 0.3 is 0 Å². The van der Waals surface area contributed by atoms with Crippen LogP contribution in [-0.4, -0.2) is 74.3 Å². The quantitative estimate of drug-likeness (QED) is 0.337. The van der Waals surface area contributed by atoms with Gasteiger partial charge in [-0.15, -0.1) is 0 Å². The van der Waals surface area contributed by atoms with Crippen LogP contribution in [0.25, 0.3) is 0 Å². The first-order valence-electron chi connectivity index (χ1n) is 12.2. The van der Waals surface area contributed by atoms with Crippen LogP contribution < -0.4 is 10.1 Å². The molecule has 0 aromatic heterocycles. The second kappa shape index (κ2) is 16.0. The molecule has 1 heterocycles. The monoisotopic (exact) mass is 470 g/mol. The highest BCUT2D eigenvalue weighted by molar-refractivity contribution is 5.76. The Balaban J connectivity index is 1.89. The maximum Gasteiger partial charge on any atom is 0.220 e. The fourth-order valence-corrected chi connectivity index (χ4v) is 3.88. The number of aliphatic hydroxyl groups excluding tert-OH is 1. The van der Waals surface area contributed by atoms with Crippen molar-refractivity contribution in [2.24, 2.45) is 0 Å². The summed E-state index contributed by atoms with van der Waals surface area (Å²) in [6, 6.07) is 6.73. The fraction of sp³-hybridized carbons (Fsp3) is 0.720. The molecule has 8 heteroatoms. The predicted octanol–water partition coefficient (Wildman–Crippen LogP) is 3.97. The summed E-state index contributed by atoms with van der Waals surface area (Å²) in [6.07, 6.45) is 3.35. The van der Waals surface area contributed by atoms with Crippen molar-refractivity contribution in [3.8, 4) is 5.75 Å². The van der Waals surface area contributed by atoms with Crippen molar-refractivity contribution < 1.29 is 28.2 Å². The molecule has 2 N–H and O–H groups in total. The number of hydrogen-bond donors (Lipinski definition) is 2. The molecule has 6 nitrogen and oxygen atoms in total. The first kappa shape index (κ1) is 27.5. The van der Waals surface area contributed by atoms with E-state index in [0.717, 1.165) is 31.4 Å². The lowest BCUT2D eigenvalue weighted by atomic mass is 10.0. The van der Waals surface area contributed by atoms with Crippen LogP contribution in [-0.2, 0) is 9.53 Å². The Morgan fingerprint density at radius 1 is 1.18 bits per heavy atom. The van der Waals surface area contributed by atoms with Gasteiger partial charge in [0.1, 0.15) is 24.7 Å². The Labute approximate surface area is 196 Å². The Bertz CT molecular complexity index is 662. The van der Waals surface area contributed by atoms with E-state index >= 15 is 0 Å². The zero-order chi connectivity index (χ0) is 23.9. The third-order valence-electron chi connectivity index (χ3n) is 5.80. The zero-order valence-corrected chi connectivity index (χ0v) is 19.8. The minimum atomic E-state index is -0.911. The van der Waals surface area contributed by atoms with Crippen LogP contribution in [0, 0.1) is 0 Å². The zero-order valence-electron chi connectivity index (χ0n) is 19.8. The molecule has 188 valence electrons. The van der Waals surface area contributed by atoms with Crippen LogP contribution in [0.15, 0.2) is 24.3 Å². The highest BCUT2D eigenvalue weighted by Gasteiger charge is 2.29. The average molecular weight is 471 g/mol. The van der Waals surface area contributed by atoms with Crippen molar-refractivity contribution in [2.45, 2.75) is 70.2 Å². The molecule has 1 amide bonds. The van der Waals surface area contributed by atoms with Gasteiger partial charge in [0.25, 0.3) is 0 Å². The van der Waals surface area contributed by atoms with E-state index < -0.39 is 25.0 Å². The van der Waals surface area contributed by atoms with Gasteiger partial charge in [0.15, 0.2) is 0 Å². The van der Waals surface area contributed by atoms with Crippen LogP contribution in [0.1, 0.15) is 63.5 Å². The molecular formula is C25H40F2N2O4.